The highest BCUT2D eigenvalue weighted by Gasteiger charge is 2.40. The van der Waals surface area contributed by atoms with Gasteiger partial charge in [-0.3, -0.25) is 0 Å². The van der Waals surface area contributed by atoms with E-state index in [4.69, 9.17) is 0 Å². The molecule has 0 N–H and O–H groups in total. The molecule has 0 aliphatic heterocycles. The average Bonchev–Trinajstić information content (AvgIpc) is 3.94. The second-order valence-electron chi connectivity index (χ2n) is 18.1. The molecule has 60 heavy (non-hydrogen) atoms. The number of hydrogen-bond acceptors (Lipinski definition) is 0. The first-order valence-corrected chi connectivity index (χ1v) is 21.3. The van der Waals surface area contributed by atoms with Gasteiger partial charge in [0.2, 0.25) is 0 Å². The Balaban J connectivity index is 0.996. The number of fused-ring (bicyclic) bond motifs is 14. The highest BCUT2D eigenvalue weighted by atomic mass is 15.0. The highest BCUT2D eigenvalue weighted by molar-refractivity contribution is 6.14. The van der Waals surface area contributed by atoms with E-state index in [1.165, 1.54) is 121 Å². The average molecular weight is 767 g/mol. The standard InChI is InChI=1S/C58H42N2/c1-57(2)49-31-38(37-23-22-35-14-8-9-15-36(35)30-37)24-26-42(49)47-34-54-48(33-51(47)57)44-19-11-12-20-52(44)59(54)40-25-27-41-45-28-29-46-43-18-10-13-21-53(43)60(39-16-6-5-7-17-39)56(46)55(45)58(3,4)50(41)32-40/h5-34H,1-4H3. The van der Waals surface area contributed by atoms with Crippen molar-refractivity contribution in [2.24, 2.45) is 0 Å². The zero-order valence-corrected chi connectivity index (χ0v) is 34.2. The van der Waals surface area contributed by atoms with Crippen molar-refractivity contribution in [3.8, 4) is 44.8 Å². The summed E-state index contributed by atoms with van der Waals surface area (Å²) >= 11 is 0. The van der Waals surface area contributed by atoms with Crippen LogP contribution in [-0.2, 0) is 10.8 Å². The van der Waals surface area contributed by atoms with Crippen LogP contribution >= 0.6 is 0 Å². The molecule has 0 saturated heterocycles. The fourth-order valence-electron chi connectivity index (χ4n) is 11.3. The van der Waals surface area contributed by atoms with Gasteiger partial charge in [-0.25, -0.2) is 0 Å². The molecular formula is C58H42N2. The zero-order valence-electron chi connectivity index (χ0n) is 34.2. The third-order valence-corrected chi connectivity index (χ3v) is 14.3. The van der Waals surface area contributed by atoms with Gasteiger partial charge in [-0.2, -0.15) is 0 Å². The molecule has 2 aliphatic carbocycles. The first-order chi connectivity index (χ1) is 29.3. The van der Waals surface area contributed by atoms with Crippen LogP contribution in [0.25, 0.3) is 99.1 Å². The van der Waals surface area contributed by atoms with E-state index < -0.39 is 0 Å². The second kappa shape index (κ2) is 11.7. The van der Waals surface area contributed by atoms with E-state index in [1.807, 2.05) is 0 Å². The van der Waals surface area contributed by atoms with Gasteiger partial charge in [0.05, 0.1) is 22.1 Å². The minimum atomic E-state index is -0.243. The number of nitrogens with zero attached hydrogens (tertiary/aromatic N) is 2. The van der Waals surface area contributed by atoms with Gasteiger partial charge in [0.25, 0.3) is 0 Å². The van der Waals surface area contributed by atoms with Gasteiger partial charge in [0.1, 0.15) is 0 Å². The Kier molecular flexibility index (Phi) is 6.61. The summed E-state index contributed by atoms with van der Waals surface area (Å²) < 4.78 is 5.02. The van der Waals surface area contributed by atoms with Crippen molar-refractivity contribution >= 4 is 54.4 Å². The molecule has 11 aromatic rings. The molecule has 2 aliphatic rings. The van der Waals surface area contributed by atoms with Crippen LogP contribution in [0.3, 0.4) is 0 Å². The van der Waals surface area contributed by atoms with Gasteiger partial charge < -0.3 is 9.13 Å². The minimum Gasteiger partial charge on any atom is -0.309 e. The predicted octanol–water partition coefficient (Wildman–Crippen LogP) is 15.3. The van der Waals surface area contributed by atoms with Gasteiger partial charge in [-0.1, -0.05) is 149 Å². The third-order valence-electron chi connectivity index (χ3n) is 14.3. The maximum Gasteiger partial charge on any atom is 0.0588 e. The Labute approximate surface area is 349 Å². The molecule has 0 spiro atoms. The summed E-state index contributed by atoms with van der Waals surface area (Å²) in [6.45, 7) is 9.66. The van der Waals surface area contributed by atoms with Gasteiger partial charge in [-0.05, 0) is 127 Å². The molecule has 0 unspecified atom stereocenters. The zero-order chi connectivity index (χ0) is 40.1. The Morgan fingerprint density at radius 1 is 0.333 bits per heavy atom. The summed E-state index contributed by atoms with van der Waals surface area (Å²) in [5, 5.41) is 7.73. The Bertz CT molecular complexity index is 3650. The smallest absolute Gasteiger partial charge is 0.0588 e. The molecule has 2 heteroatoms. The lowest BCUT2D eigenvalue weighted by Gasteiger charge is -2.24. The van der Waals surface area contributed by atoms with Crippen LogP contribution in [0, 0.1) is 0 Å². The molecule has 2 heterocycles. The van der Waals surface area contributed by atoms with Crippen LogP contribution in [0.2, 0.25) is 0 Å². The largest absolute Gasteiger partial charge is 0.309 e. The first kappa shape index (κ1) is 33.8. The lowest BCUT2D eigenvalue weighted by molar-refractivity contribution is 0.661. The molecule has 2 aromatic heterocycles. The van der Waals surface area contributed by atoms with E-state index in [0.717, 1.165) is 0 Å². The first-order valence-electron chi connectivity index (χ1n) is 21.3. The lowest BCUT2D eigenvalue weighted by atomic mass is 9.81. The molecule has 0 bridgehead atoms. The van der Waals surface area contributed by atoms with Crippen LogP contribution in [0.5, 0.6) is 0 Å². The molecule has 0 atom stereocenters. The van der Waals surface area contributed by atoms with Crippen molar-refractivity contribution < 1.29 is 0 Å². The highest BCUT2D eigenvalue weighted by Crippen LogP contribution is 2.55. The van der Waals surface area contributed by atoms with E-state index in [0.29, 0.717) is 0 Å². The fourth-order valence-corrected chi connectivity index (χ4v) is 11.3. The maximum absolute atomic E-state index is 2.52. The number of rotatable bonds is 3. The molecule has 0 saturated carbocycles. The maximum atomic E-state index is 2.52. The van der Waals surface area contributed by atoms with Crippen molar-refractivity contribution in [2.45, 2.75) is 38.5 Å². The van der Waals surface area contributed by atoms with Crippen LogP contribution in [0.1, 0.15) is 49.9 Å². The molecule has 284 valence electrons. The number of hydrogen-bond donors (Lipinski definition) is 0. The van der Waals surface area contributed by atoms with E-state index in [1.54, 1.807) is 0 Å². The molecule has 2 nitrogen and oxygen atoms in total. The summed E-state index contributed by atoms with van der Waals surface area (Å²) in [5.41, 5.74) is 20.4. The van der Waals surface area contributed by atoms with Crippen molar-refractivity contribution in [1.82, 2.24) is 9.13 Å². The summed E-state index contributed by atoms with van der Waals surface area (Å²) in [5.74, 6) is 0. The van der Waals surface area contributed by atoms with Crippen LogP contribution in [0.15, 0.2) is 182 Å². The molecule has 0 radical (unpaired) electrons. The minimum absolute atomic E-state index is 0.147. The van der Waals surface area contributed by atoms with Gasteiger partial charge in [-0.15, -0.1) is 0 Å². The summed E-state index contributed by atoms with van der Waals surface area (Å²) in [4.78, 5) is 0. The topological polar surface area (TPSA) is 9.86 Å². The fraction of sp³-hybridized carbons (Fsp3) is 0.103. The van der Waals surface area contributed by atoms with Crippen LogP contribution in [-0.4, -0.2) is 9.13 Å². The van der Waals surface area contributed by atoms with Crippen molar-refractivity contribution in [3.63, 3.8) is 0 Å². The molecule has 0 amide bonds. The molecule has 0 fully saturated rings. The third kappa shape index (κ3) is 4.38. The quantitative estimate of drug-likeness (QED) is 0.169. The monoisotopic (exact) mass is 766 g/mol. The Morgan fingerprint density at radius 3 is 1.75 bits per heavy atom. The second-order valence-corrected chi connectivity index (χ2v) is 18.1. The summed E-state index contributed by atoms with van der Waals surface area (Å²) in [6, 6.07) is 68.3. The van der Waals surface area contributed by atoms with E-state index >= 15 is 0 Å². The van der Waals surface area contributed by atoms with Crippen LogP contribution in [0.4, 0.5) is 0 Å². The number of para-hydroxylation sites is 3. The predicted molar refractivity (Wildman–Crippen MR) is 253 cm³/mol. The van der Waals surface area contributed by atoms with E-state index in [2.05, 4.69) is 219 Å². The van der Waals surface area contributed by atoms with Crippen molar-refractivity contribution in [1.29, 1.82) is 0 Å². The molecule has 13 rings (SSSR count). The van der Waals surface area contributed by atoms with Crippen molar-refractivity contribution in [3.05, 3.63) is 204 Å². The molecule has 9 aromatic carbocycles. The molecular weight excluding hydrogens is 725 g/mol. The Hall–Kier alpha value is -7.16. The number of aromatic nitrogens is 2. The van der Waals surface area contributed by atoms with Gasteiger partial charge in [0, 0.05) is 43.7 Å². The Morgan fingerprint density at radius 2 is 0.933 bits per heavy atom. The van der Waals surface area contributed by atoms with Gasteiger partial charge >= 0.3 is 0 Å². The van der Waals surface area contributed by atoms with E-state index in [9.17, 15) is 0 Å². The van der Waals surface area contributed by atoms with E-state index in [-0.39, 0.29) is 10.8 Å². The lowest BCUT2D eigenvalue weighted by Crippen LogP contribution is -2.17. The number of benzene rings is 9. The summed E-state index contributed by atoms with van der Waals surface area (Å²) in [6.07, 6.45) is 0. The van der Waals surface area contributed by atoms with Crippen LogP contribution < -0.4 is 0 Å². The van der Waals surface area contributed by atoms with Gasteiger partial charge in [0.15, 0.2) is 0 Å². The SMILES string of the molecule is CC1(C)c2cc(-c3ccc4ccccc4c3)ccc2-c2cc3c(cc21)c1ccccc1n3-c1ccc2c(c1)C(C)(C)c1c-2ccc2c3ccccc3n(-c3ccccc3)c12. The normalized spacial score (nSPS) is 14.6. The van der Waals surface area contributed by atoms with Crippen molar-refractivity contribution in [2.75, 3.05) is 0 Å². The summed E-state index contributed by atoms with van der Waals surface area (Å²) in [7, 11) is 0.